The van der Waals surface area contributed by atoms with Gasteiger partial charge in [0.1, 0.15) is 9.84 Å². The smallest absolute Gasteiger partial charge is 0.191 e. The van der Waals surface area contributed by atoms with Crippen LogP contribution >= 0.6 is 24.0 Å². The molecular formula is C16H34IN3O2S. The standard InChI is InChI=1S/C16H33N3O2S.HI/c1-5-14-6-8-15(9-7-14)12-18-16(17-3)19-13(2)10-11-22(4,20)21;/h13-15H,5-12H2,1-4H3,(H2,17,18,19);1H. The Hall–Kier alpha value is -0.0500. The molecule has 1 unspecified atom stereocenters. The van der Waals surface area contributed by atoms with Crippen LogP contribution in [-0.2, 0) is 9.84 Å². The minimum Gasteiger partial charge on any atom is -0.356 e. The highest BCUT2D eigenvalue weighted by Crippen LogP contribution is 2.29. The second kappa shape index (κ2) is 11.5. The molecule has 138 valence electrons. The molecule has 0 bridgehead atoms. The van der Waals surface area contributed by atoms with Gasteiger partial charge in [-0.15, -0.1) is 24.0 Å². The van der Waals surface area contributed by atoms with Crippen molar-refractivity contribution in [3.05, 3.63) is 0 Å². The summed E-state index contributed by atoms with van der Waals surface area (Å²) in [6.07, 6.45) is 8.47. The molecule has 0 saturated heterocycles. The molecule has 7 heteroatoms. The summed E-state index contributed by atoms with van der Waals surface area (Å²) in [6, 6.07) is 0.0942. The molecule has 1 saturated carbocycles. The van der Waals surface area contributed by atoms with Crippen LogP contribution in [0.1, 0.15) is 52.4 Å². The Kier molecular flexibility index (Phi) is 11.5. The van der Waals surface area contributed by atoms with Crippen LogP contribution in [0.15, 0.2) is 4.99 Å². The Morgan fingerprint density at radius 2 is 1.78 bits per heavy atom. The molecule has 23 heavy (non-hydrogen) atoms. The maximum Gasteiger partial charge on any atom is 0.191 e. The van der Waals surface area contributed by atoms with Crippen molar-refractivity contribution in [2.24, 2.45) is 16.8 Å². The summed E-state index contributed by atoms with van der Waals surface area (Å²) in [4.78, 5) is 4.23. The van der Waals surface area contributed by atoms with Crippen molar-refractivity contribution in [3.63, 3.8) is 0 Å². The largest absolute Gasteiger partial charge is 0.356 e. The summed E-state index contributed by atoms with van der Waals surface area (Å²) in [7, 11) is -1.14. The van der Waals surface area contributed by atoms with Gasteiger partial charge in [0.15, 0.2) is 5.96 Å². The van der Waals surface area contributed by atoms with Crippen molar-refractivity contribution in [1.29, 1.82) is 0 Å². The number of nitrogens with one attached hydrogen (secondary N) is 2. The van der Waals surface area contributed by atoms with E-state index in [0.29, 0.717) is 6.42 Å². The first-order valence-corrected chi connectivity index (χ1v) is 10.5. The van der Waals surface area contributed by atoms with Crippen molar-refractivity contribution in [2.45, 2.75) is 58.4 Å². The molecule has 1 aliphatic carbocycles. The lowest BCUT2D eigenvalue weighted by atomic mass is 9.81. The van der Waals surface area contributed by atoms with Gasteiger partial charge in [0.25, 0.3) is 0 Å². The zero-order chi connectivity index (χ0) is 16.6. The normalized spacial score (nSPS) is 23.7. The maximum absolute atomic E-state index is 11.2. The highest BCUT2D eigenvalue weighted by molar-refractivity contribution is 14.0. The lowest BCUT2D eigenvalue weighted by molar-refractivity contribution is 0.269. The molecule has 0 heterocycles. The van der Waals surface area contributed by atoms with Gasteiger partial charge in [-0.05, 0) is 38.0 Å². The molecule has 2 N–H and O–H groups in total. The molecule has 1 aliphatic rings. The number of guanidine groups is 1. The average molecular weight is 459 g/mol. The molecule has 0 spiro atoms. The van der Waals surface area contributed by atoms with Gasteiger partial charge in [0.05, 0.1) is 5.75 Å². The van der Waals surface area contributed by atoms with Crippen LogP contribution in [0.5, 0.6) is 0 Å². The maximum atomic E-state index is 11.2. The van der Waals surface area contributed by atoms with E-state index in [1.165, 1.54) is 38.4 Å². The summed E-state index contributed by atoms with van der Waals surface area (Å²) in [5.41, 5.74) is 0. The second-order valence-corrected chi connectivity index (χ2v) is 8.97. The molecule has 0 radical (unpaired) electrons. The summed E-state index contributed by atoms with van der Waals surface area (Å²) >= 11 is 0. The van der Waals surface area contributed by atoms with E-state index in [-0.39, 0.29) is 35.8 Å². The van der Waals surface area contributed by atoms with Crippen molar-refractivity contribution in [1.82, 2.24) is 10.6 Å². The van der Waals surface area contributed by atoms with Gasteiger partial charge in [0, 0.05) is 25.9 Å². The Morgan fingerprint density at radius 1 is 1.22 bits per heavy atom. The number of nitrogens with zero attached hydrogens (tertiary/aromatic N) is 1. The predicted molar refractivity (Wildman–Crippen MR) is 109 cm³/mol. The van der Waals surface area contributed by atoms with Crippen LogP contribution < -0.4 is 10.6 Å². The van der Waals surface area contributed by atoms with E-state index in [0.717, 1.165) is 24.3 Å². The van der Waals surface area contributed by atoms with Crippen LogP contribution in [-0.4, -0.2) is 46.0 Å². The number of hydrogen-bond acceptors (Lipinski definition) is 3. The van der Waals surface area contributed by atoms with Gasteiger partial charge < -0.3 is 10.6 Å². The topological polar surface area (TPSA) is 70.6 Å². The molecule has 5 nitrogen and oxygen atoms in total. The van der Waals surface area contributed by atoms with Crippen LogP contribution in [0.4, 0.5) is 0 Å². The van der Waals surface area contributed by atoms with Gasteiger partial charge >= 0.3 is 0 Å². The number of rotatable bonds is 7. The SMILES string of the molecule is CCC1CCC(CNC(=NC)NC(C)CCS(C)(=O)=O)CC1.I. The summed E-state index contributed by atoms with van der Waals surface area (Å²) < 4.78 is 22.4. The van der Waals surface area contributed by atoms with Crippen LogP contribution in [0.2, 0.25) is 0 Å². The van der Waals surface area contributed by atoms with Crippen molar-refractivity contribution in [3.8, 4) is 0 Å². The van der Waals surface area contributed by atoms with E-state index < -0.39 is 9.84 Å². The average Bonchev–Trinajstić information content (AvgIpc) is 2.49. The molecule has 1 rings (SSSR count). The van der Waals surface area contributed by atoms with E-state index >= 15 is 0 Å². The monoisotopic (exact) mass is 459 g/mol. The zero-order valence-corrected chi connectivity index (χ0v) is 18.1. The fraction of sp³-hybridized carbons (Fsp3) is 0.938. The predicted octanol–water partition coefficient (Wildman–Crippen LogP) is 2.81. The van der Waals surface area contributed by atoms with Crippen LogP contribution in [0.25, 0.3) is 0 Å². The molecule has 0 aromatic carbocycles. The summed E-state index contributed by atoms with van der Waals surface area (Å²) in [5.74, 6) is 2.63. The Balaban J connectivity index is 0.00000484. The van der Waals surface area contributed by atoms with Gasteiger partial charge in [0.2, 0.25) is 0 Å². The first-order chi connectivity index (χ1) is 10.3. The van der Waals surface area contributed by atoms with E-state index in [9.17, 15) is 8.42 Å². The molecule has 0 aromatic rings. The third kappa shape index (κ3) is 10.4. The van der Waals surface area contributed by atoms with E-state index in [4.69, 9.17) is 0 Å². The first kappa shape index (κ1) is 22.9. The number of hydrogen-bond donors (Lipinski definition) is 2. The quantitative estimate of drug-likeness (QED) is 0.349. The molecule has 1 atom stereocenters. The highest BCUT2D eigenvalue weighted by atomic mass is 127. The molecule has 1 fully saturated rings. The first-order valence-electron chi connectivity index (χ1n) is 8.49. The molecule has 0 amide bonds. The van der Waals surface area contributed by atoms with Gasteiger partial charge in [-0.3, -0.25) is 4.99 Å². The van der Waals surface area contributed by atoms with E-state index in [1.54, 1.807) is 7.05 Å². The lowest BCUT2D eigenvalue weighted by Gasteiger charge is -2.28. The molecule has 0 aliphatic heterocycles. The van der Waals surface area contributed by atoms with E-state index in [2.05, 4.69) is 22.5 Å². The molecule has 0 aromatic heterocycles. The van der Waals surface area contributed by atoms with Crippen LogP contribution in [0, 0.1) is 11.8 Å². The van der Waals surface area contributed by atoms with Crippen molar-refractivity contribution >= 4 is 39.8 Å². The minimum atomic E-state index is -2.90. The highest BCUT2D eigenvalue weighted by Gasteiger charge is 2.20. The zero-order valence-electron chi connectivity index (χ0n) is 15.0. The Morgan fingerprint density at radius 3 is 2.26 bits per heavy atom. The number of halogens is 1. The van der Waals surface area contributed by atoms with E-state index in [1.807, 2.05) is 6.92 Å². The third-order valence-corrected chi connectivity index (χ3v) is 5.61. The number of aliphatic imine (C=N–C) groups is 1. The Bertz CT molecular complexity index is 446. The minimum absolute atomic E-state index is 0. The summed E-state index contributed by atoms with van der Waals surface area (Å²) in [6.45, 7) is 5.23. The third-order valence-electron chi connectivity index (χ3n) is 4.63. The van der Waals surface area contributed by atoms with Gasteiger partial charge in [-0.25, -0.2) is 8.42 Å². The second-order valence-electron chi connectivity index (χ2n) is 6.71. The Labute approximate surface area is 159 Å². The van der Waals surface area contributed by atoms with Crippen molar-refractivity contribution in [2.75, 3.05) is 25.6 Å². The number of sulfone groups is 1. The van der Waals surface area contributed by atoms with Crippen LogP contribution in [0.3, 0.4) is 0 Å². The lowest BCUT2D eigenvalue weighted by Crippen LogP contribution is -2.44. The van der Waals surface area contributed by atoms with Gasteiger partial charge in [-0.1, -0.05) is 26.2 Å². The van der Waals surface area contributed by atoms with Gasteiger partial charge in [-0.2, -0.15) is 0 Å². The summed E-state index contributed by atoms with van der Waals surface area (Å²) in [5, 5.41) is 6.66. The fourth-order valence-electron chi connectivity index (χ4n) is 2.98. The fourth-order valence-corrected chi connectivity index (χ4v) is 3.76. The van der Waals surface area contributed by atoms with Crippen molar-refractivity contribution < 1.29 is 8.42 Å². The molecular weight excluding hydrogens is 425 g/mol.